The molecule has 9 aromatic carbocycles. The number of nitrogens with zero attached hydrogens (tertiary/aromatic N) is 1. The first kappa shape index (κ1) is 34.2. The summed E-state index contributed by atoms with van der Waals surface area (Å²) in [4.78, 5) is 0. The molecule has 0 spiro atoms. The van der Waals surface area contributed by atoms with Crippen LogP contribution >= 0.6 is 22.7 Å². The fourth-order valence-corrected chi connectivity index (χ4v) is 10.9. The van der Waals surface area contributed by atoms with Crippen LogP contribution in [0, 0.1) is 11.3 Å². The van der Waals surface area contributed by atoms with Gasteiger partial charge in [0, 0.05) is 40.3 Å². The van der Waals surface area contributed by atoms with Crippen molar-refractivity contribution in [3.05, 3.63) is 206 Å². The van der Waals surface area contributed by atoms with E-state index in [0.29, 0.717) is 5.56 Å². The van der Waals surface area contributed by atoms with Crippen molar-refractivity contribution in [2.75, 3.05) is 0 Å². The van der Waals surface area contributed by atoms with Gasteiger partial charge in [-0.15, -0.1) is 22.7 Å². The number of nitriles is 1. The van der Waals surface area contributed by atoms with Gasteiger partial charge in [0.25, 0.3) is 0 Å². The van der Waals surface area contributed by atoms with Gasteiger partial charge in [0.05, 0.1) is 11.6 Å². The maximum atomic E-state index is 10.2. The molecule has 11 rings (SSSR count). The average molecular weight is 772 g/mol. The van der Waals surface area contributed by atoms with Gasteiger partial charge in [-0.05, 0) is 109 Å². The minimum atomic E-state index is 0.642. The first-order valence-corrected chi connectivity index (χ1v) is 21.1. The van der Waals surface area contributed by atoms with Gasteiger partial charge in [-0.3, -0.25) is 0 Å². The van der Waals surface area contributed by atoms with Gasteiger partial charge in [-0.2, -0.15) is 5.26 Å². The highest BCUT2D eigenvalue weighted by atomic mass is 32.1. The number of fused-ring (bicyclic) bond motifs is 6. The van der Waals surface area contributed by atoms with E-state index in [1.807, 2.05) is 34.8 Å². The van der Waals surface area contributed by atoms with Crippen LogP contribution in [0.15, 0.2) is 200 Å². The summed E-state index contributed by atoms with van der Waals surface area (Å²) in [5.41, 5.74) is 14.4. The molecule has 0 radical (unpaired) electrons. The molecule has 1 nitrogen and oxygen atoms in total. The molecule has 0 fully saturated rings. The molecule has 0 aliphatic rings. The van der Waals surface area contributed by atoms with Gasteiger partial charge < -0.3 is 0 Å². The lowest BCUT2D eigenvalue weighted by Gasteiger charge is -2.12. The minimum Gasteiger partial charge on any atom is -0.192 e. The molecule has 270 valence electrons. The summed E-state index contributed by atoms with van der Waals surface area (Å²) < 4.78 is 5.29. The summed E-state index contributed by atoms with van der Waals surface area (Å²) >= 11 is 3.73. The van der Waals surface area contributed by atoms with E-state index in [4.69, 9.17) is 0 Å². The molecule has 0 aliphatic heterocycles. The lowest BCUT2D eigenvalue weighted by Crippen LogP contribution is -1.88. The smallest absolute Gasteiger partial charge is 0.0992 e. The second-order valence-electron chi connectivity index (χ2n) is 14.8. The van der Waals surface area contributed by atoms with Crippen LogP contribution in [0.2, 0.25) is 0 Å². The van der Waals surface area contributed by atoms with Crippen molar-refractivity contribution in [1.82, 2.24) is 0 Å². The zero-order valence-corrected chi connectivity index (χ0v) is 32.9. The van der Waals surface area contributed by atoms with Crippen LogP contribution in [-0.4, -0.2) is 0 Å². The zero-order valence-electron chi connectivity index (χ0n) is 31.3. The summed E-state index contributed by atoms with van der Waals surface area (Å²) in [6, 6.07) is 74.3. The molecule has 0 aliphatic carbocycles. The second-order valence-corrected chi connectivity index (χ2v) is 16.9. The largest absolute Gasteiger partial charge is 0.192 e. The summed E-state index contributed by atoms with van der Waals surface area (Å²) in [7, 11) is 0. The van der Waals surface area contributed by atoms with E-state index < -0.39 is 0 Å². The van der Waals surface area contributed by atoms with Crippen LogP contribution in [0.5, 0.6) is 0 Å². The van der Waals surface area contributed by atoms with Crippen molar-refractivity contribution < 1.29 is 0 Å². The van der Waals surface area contributed by atoms with Crippen LogP contribution in [0.3, 0.4) is 0 Å². The Morgan fingerprint density at radius 2 is 0.655 bits per heavy atom. The Balaban J connectivity index is 0.887. The fraction of sp³-hybridized carbons (Fsp3) is 0. The standard InChI is InChI=1S/C55H33NS2/c56-34-35-29-44(42-11-5-9-40(31-42)36-21-25-38(26-22-36)46-15-7-17-50-48-13-1-3-19-52(48)57-54(46)50)33-45(30-35)43-12-6-10-41(32-43)37-23-27-39(28-24-37)47-16-8-18-51-49-14-2-4-20-53(49)58-55(47)51/h1-33H. The normalized spacial score (nSPS) is 11.4. The summed E-state index contributed by atoms with van der Waals surface area (Å²) in [6.07, 6.45) is 0. The van der Waals surface area contributed by atoms with E-state index in [9.17, 15) is 5.26 Å². The lowest BCUT2D eigenvalue weighted by atomic mass is 9.92. The van der Waals surface area contributed by atoms with Crippen molar-refractivity contribution in [2.45, 2.75) is 0 Å². The van der Waals surface area contributed by atoms with E-state index in [-0.39, 0.29) is 0 Å². The quantitative estimate of drug-likeness (QED) is 0.165. The van der Waals surface area contributed by atoms with E-state index in [0.717, 1.165) is 44.5 Å². The van der Waals surface area contributed by atoms with E-state index >= 15 is 0 Å². The van der Waals surface area contributed by atoms with Crippen molar-refractivity contribution >= 4 is 63.0 Å². The first-order chi connectivity index (χ1) is 28.7. The number of hydrogen-bond donors (Lipinski definition) is 0. The highest BCUT2D eigenvalue weighted by Crippen LogP contribution is 2.42. The molecular weight excluding hydrogens is 739 g/mol. The van der Waals surface area contributed by atoms with Gasteiger partial charge in [0.2, 0.25) is 0 Å². The van der Waals surface area contributed by atoms with Crippen LogP contribution < -0.4 is 0 Å². The molecule has 0 saturated carbocycles. The van der Waals surface area contributed by atoms with Gasteiger partial charge >= 0.3 is 0 Å². The highest BCUT2D eigenvalue weighted by molar-refractivity contribution is 7.26. The Hall–Kier alpha value is -7.09. The molecule has 0 saturated heterocycles. The molecule has 0 N–H and O–H groups in total. The van der Waals surface area contributed by atoms with Crippen LogP contribution in [0.1, 0.15) is 5.56 Å². The van der Waals surface area contributed by atoms with Gasteiger partial charge in [0.1, 0.15) is 0 Å². The molecule has 2 heterocycles. The third kappa shape index (κ3) is 5.99. The third-order valence-electron chi connectivity index (χ3n) is 11.3. The molecule has 3 heteroatoms. The van der Waals surface area contributed by atoms with Crippen LogP contribution in [0.4, 0.5) is 0 Å². The molecule has 2 aromatic heterocycles. The topological polar surface area (TPSA) is 23.8 Å². The van der Waals surface area contributed by atoms with Crippen LogP contribution in [0.25, 0.3) is 107 Å². The van der Waals surface area contributed by atoms with Crippen molar-refractivity contribution in [1.29, 1.82) is 5.26 Å². The molecule has 0 bridgehead atoms. The van der Waals surface area contributed by atoms with Gasteiger partial charge in [-0.25, -0.2) is 0 Å². The fourth-order valence-electron chi connectivity index (χ4n) is 8.42. The Kier molecular flexibility index (Phi) is 8.33. The summed E-state index contributed by atoms with van der Waals surface area (Å²) in [5, 5.41) is 15.4. The predicted octanol–water partition coefficient (Wildman–Crippen LogP) is 16.3. The molecule has 11 aromatic rings. The second kappa shape index (κ2) is 14.1. The van der Waals surface area contributed by atoms with Crippen molar-refractivity contribution in [3.8, 4) is 72.8 Å². The van der Waals surface area contributed by atoms with Gasteiger partial charge in [-0.1, -0.05) is 158 Å². The van der Waals surface area contributed by atoms with Crippen molar-refractivity contribution in [3.63, 3.8) is 0 Å². The molecular formula is C55H33NS2. The third-order valence-corrected chi connectivity index (χ3v) is 13.8. The Morgan fingerprint density at radius 3 is 1.10 bits per heavy atom. The first-order valence-electron chi connectivity index (χ1n) is 19.5. The average Bonchev–Trinajstić information content (AvgIpc) is 3.88. The number of rotatable bonds is 6. The summed E-state index contributed by atoms with van der Waals surface area (Å²) in [5.74, 6) is 0. The lowest BCUT2D eigenvalue weighted by molar-refractivity contribution is 1.48. The molecule has 58 heavy (non-hydrogen) atoms. The van der Waals surface area contributed by atoms with E-state index in [1.54, 1.807) is 0 Å². The highest BCUT2D eigenvalue weighted by Gasteiger charge is 2.13. The number of hydrogen-bond acceptors (Lipinski definition) is 3. The minimum absolute atomic E-state index is 0.642. The Bertz CT molecular complexity index is 3180. The monoisotopic (exact) mass is 771 g/mol. The Morgan fingerprint density at radius 1 is 0.293 bits per heavy atom. The van der Waals surface area contributed by atoms with Crippen molar-refractivity contribution in [2.24, 2.45) is 0 Å². The zero-order chi connectivity index (χ0) is 38.6. The maximum Gasteiger partial charge on any atom is 0.0992 e. The van der Waals surface area contributed by atoms with E-state index in [2.05, 4.69) is 194 Å². The number of thiophene rings is 2. The van der Waals surface area contributed by atoms with Gasteiger partial charge in [0.15, 0.2) is 0 Å². The molecule has 0 atom stereocenters. The van der Waals surface area contributed by atoms with E-state index in [1.165, 1.54) is 62.6 Å². The number of benzene rings is 9. The summed E-state index contributed by atoms with van der Waals surface area (Å²) in [6.45, 7) is 0. The predicted molar refractivity (Wildman–Crippen MR) is 250 cm³/mol. The maximum absolute atomic E-state index is 10.2. The molecule has 0 unspecified atom stereocenters. The molecule has 0 amide bonds. The SMILES string of the molecule is N#Cc1cc(-c2cccc(-c3ccc(-c4cccc5c4sc4ccccc45)cc3)c2)cc(-c2cccc(-c3ccc(-c4cccc5c4sc4ccccc45)cc3)c2)c1. The van der Waals surface area contributed by atoms with Crippen LogP contribution in [-0.2, 0) is 0 Å². The Labute approximate surface area is 345 Å².